The van der Waals surface area contributed by atoms with Crippen molar-refractivity contribution < 1.29 is 9.66 Å². The maximum atomic E-state index is 10.6. The molecule has 0 aromatic carbocycles. The maximum absolute atomic E-state index is 10.6. The number of epoxide rings is 1. The number of hydrogen-bond acceptors (Lipinski definition) is 5. The molecule has 0 aliphatic carbocycles. The third-order valence-corrected chi connectivity index (χ3v) is 2.93. The molecule has 1 aliphatic heterocycles. The number of nitrogens with zero attached hydrogens (tertiary/aromatic N) is 3. The average molecular weight is 229 g/mol. The molecule has 0 saturated carbocycles. The smallest absolute Gasteiger partial charge is 0.368 e. The fraction of sp³-hybridized carbons (Fsp3) is 0.625. The van der Waals surface area contributed by atoms with Gasteiger partial charge in [-0.1, -0.05) is 11.8 Å². The van der Waals surface area contributed by atoms with Gasteiger partial charge in [0.25, 0.3) is 5.16 Å². The molecule has 0 unspecified atom stereocenters. The lowest BCUT2D eigenvalue weighted by Gasteiger charge is -2.05. The fourth-order valence-corrected chi connectivity index (χ4v) is 1.86. The van der Waals surface area contributed by atoms with Gasteiger partial charge in [-0.15, -0.1) is 0 Å². The van der Waals surface area contributed by atoms with E-state index in [9.17, 15) is 10.1 Å². The predicted octanol–water partition coefficient (Wildman–Crippen LogP) is 1.30. The average Bonchev–Trinajstić information content (AvgIpc) is 2.77. The Labute approximate surface area is 90.8 Å². The molecule has 1 atom stereocenters. The minimum absolute atomic E-state index is 0.108. The number of aromatic nitrogens is 2. The molecule has 1 aromatic rings. The highest BCUT2D eigenvalue weighted by atomic mass is 32.2. The molecule has 0 bridgehead atoms. The Bertz CT molecular complexity index is 400. The lowest BCUT2D eigenvalue weighted by molar-refractivity contribution is -0.389. The van der Waals surface area contributed by atoms with E-state index in [1.54, 1.807) is 4.57 Å². The van der Waals surface area contributed by atoms with Gasteiger partial charge in [-0.3, -0.25) is 4.57 Å². The van der Waals surface area contributed by atoms with Crippen LogP contribution >= 0.6 is 11.8 Å². The highest BCUT2D eigenvalue weighted by Crippen LogP contribution is 2.30. The molecule has 0 amide bonds. The van der Waals surface area contributed by atoms with Crippen LogP contribution in [0.2, 0.25) is 0 Å². The number of nitro groups is 1. The van der Waals surface area contributed by atoms with Crippen molar-refractivity contribution in [3.05, 3.63) is 16.3 Å². The Morgan fingerprint density at radius 3 is 3.00 bits per heavy atom. The van der Waals surface area contributed by atoms with Gasteiger partial charge >= 0.3 is 5.82 Å². The summed E-state index contributed by atoms with van der Waals surface area (Å²) in [7, 11) is 0. The molecule has 15 heavy (non-hydrogen) atoms. The summed E-state index contributed by atoms with van der Waals surface area (Å²) in [6, 6.07) is 0. The highest BCUT2D eigenvalue weighted by Gasteiger charge is 2.40. The zero-order chi connectivity index (χ0) is 11.1. The van der Waals surface area contributed by atoms with Crippen LogP contribution in [-0.4, -0.2) is 32.9 Å². The van der Waals surface area contributed by atoms with E-state index in [2.05, 4.69) is 4.98 Å². The predicted molar refractivity (Wildman–Crippen MR) is 55.0 cm³/mol. The molecule has 0 N–H and O–H groups in total. The van der Waals surface area contributed by atoms with Crippen molar-refractivity contribution in [2.45, 2.75) is 24.2 Å². The van der Waals surface area contributed by atoms with Gasteiger partial charge in [0, 0.05) is 0 Å². The van der Waals surface area contributed by atoms with Crippen LogP contribution in [0.15, 0.2) is 11.4 Å². The molecular weight excluding hydrogens is 218 g/mol. The largest absolute Gasteiger partial charge is 0.382 e. The molecule has 0 spiro atoms. The molecular formula is C8H11N3O3S. The van der Waals surface area contributed by atoms with Gasteiger partial charge in [0.15, 0.2) is 0 Å². The van der Waals surface area contributed by atoms with E-state index in [1.807, 2.05) is 13.2 Å². The van der Waals surface area contributed by atoms with Crippen LogP contribution in [0.3, 0.4) is 0 Å². The van der Waals surface area contributed by atoms with Crippen LogP contribution < -0.4 is 0 Å². The van der Waals surface area contributed by atoms with Crippen LogP contribution in [-0.2, 0) is 11.3 Å². The monoisotopic (exact) mass is 229 g/mol. The Hall–Kier alpha value is -1.08. The normalized spacial score (nSPS) is 24.1. The molecule has 6 nitrogen and oxygen atoms in total. The second-order valence-corrected chi connectivity index (χ2v) is 4.48. The Morgan fingerprint density at radius 2 is 2.53 bits per heavy atom. The van der Waals surface area contributed by atoms with E-state index in [1.165, 1.54) is 18.0 Å². The molecule has 0 radical (unpaired) electrons. The number of imidazole rings is 1. The summed E-state index contributed by atoms with van der Waals surface area (Å²) in [5.74, 6) is -0.108. The Morgan fingerprint density at radius 1 is 1.87 bits per heavy atom. The van der Waals surface area contributed by atoms with E-state index in [-0.39, 0.29) is 11.4 Å². The zero-order valence-corrected chi connectivity index (χ0v) is 9.28. The van der Waals surface area contributed by atoms with Gasteiger partial charge in [0.05, 0.1) is 13.2 Å². The summed E-state index contributed by atoms with van der Waals surface area (Å²) < 4.78 is 7.02. The number of thioether (sulfide) groups is 1. The van der Waals surface area contributed by atoms with Crippen molar-refractivity contribution in [1.29, 1.82) is 0 Å². The quantitative estimate of drug-likeness (QED) is 0.337. The first kappa shape index (κ1) is 10.4. The Kier molecular flexibility index (Phi) is 2.43. The van der Waals surface area contributed by atoms with Gasteiger partial charge in [0.2, 0.25) is 0 Å². The van der Waals surface area contributed by atoms with Crippen LogP contribution in [0.5, 0.6) is 0 Å². The number of ether oxygens (including phenoxy) is 1. The standard InChI is InChI=1S/C8H11N3O3S/c1-8(5-14-8)4-10-3-6(11(12)13)9-7(10)15-2/h3H,4-5H2,1-2H3/t8-/m1/s1. The van der Waals surface area contributed by atoms with E-state index in [0.29, 0.717) is 18.3 Å². The minimum atomic E-state index is -0.480. The lowest BCUT2D eigenvalue weighted by atomic mass is 10.2. The minimum Gasteiger partial charge on any atom is -0.368 e. The second kappa shape index (κ2) is 3.49. The van der Waals surface area contributed by atoms with Crippen LogP contribution in [0.25, 0.3) is 0 Å². The highest BCUT2D eigenvalue weighted by molar-refractivity contribution is 7.98. The maximum Gasteiger partial charge on any atom is 0.382 e. The number of hydrogen-bond donors (Lipinski definition) is 0. The summed E-state index contributed by atoms with van der Waals surface area (Å²) in [6.07, 6.45) is 3.30. The van der Waals surface area contributed by atoms with E-state index >= 15 is 0 Å². The summed E-state index contributed by atoms with van der Waals surface area (Å²) in [6.45, 7) is 3.29. The topological polar surface area (TPSA) is 73.5 Å². The molecule has 7 heteroatoms. The van der Waals surface area contributed by atoms with Gasteiger partial charge in [-0.2, -0.15) is 0 Å². The molecule has 1 fully saturated rings. The van der Waals surface area contributed by atoms with Gasteiger partial charge in [-0.25, -0.2) is 0 Å². The molecule has 82 valence electrons. The van der Waals surface area contributed by atoms with E-state index in [0.717, 1.165) is 0 Å². The van der Waals surface area contributed by atoms with Crippen molar-refractivity contribution in [3.63, 3.8) is 0 Å². The first-order chi connectivity index (χ1) is 7.04. The second-order valence-electron chi connectivity index (χ2n) is 3.71. The fourth-order valence-electron chi connectivity index (χ4n) is 1.32. The first-order valence-electron chi connectivity index (χ1n) is 4.43. The molecule has 2 heterocycles. The van der Waals surface area contributed by atoms with Crippen molar-refractivity contribution in [3.8, 4) is 0 Å². The third-order valence-electron chi connectivity index (χ3n) is 2.24. The molecule has 1 saturated heterocycles. The summed E-state index contributed by atoms with van der Waals surface area (Å²) in [5.41, 5.74) is -0.168. The van der Waals surface area contributed by atoms with E-state index < -0.39 is 4.92 Å². The van der Waals surface area contributed by atoms with Crippen LogP contribution in [0.1, 0.15) is 6.92 Å². The Balaban J connectivity index is 2.24. The number of rotatable bonds is 4. The van der Waals surface area contributed by atoms with Gasteiger partial charge in [-0.05, 0) is 23.1 Å². The van der Waals surface area contributed by atoms with E-state index in [4.69, 9.17) is 4.74 Å². The summed E-state index contributed by atoms with van der Waals surface area (Å²) >= 11 is 1.39. The zero-order valence-electron chi connectivity index (χ0n) is 8.47. The molecule has 1 aromatic heterocycles. The molecule has 2 rings (SSSR count). The van der Waals surface area contributed by atoms with Crippen molar-refractivity contribution in [2.75, 3.05) is 12.9 Å². The SMILES string of the molecule is CSc1nc([N+](=O)[O-])cn1C[C@]1(C)CO1. The summed E-state index contributed by atoms with van der Waals surface area (Å²) in [4.78, 5) is 14.0. The van der Waals surface area contributed by atoms with Gasteiger partial charge < -0.3 is 14.9 Å². The third kappa shape index (κ3) is 2.13. The van der Waals surface area contributed by atoms with Crippen LogP contribution in [0.4, 0.5) is 5.82 Å². The van der Waals surface area contributed by atoms with Crippen LogP contribution in [0, 0.1) is 10.1 Å². The van der Waals surface area contributed by atoms with Crippen molar-refractivity contribution >= 4 is 17.6 Å². The van der Waals surface area contributed by atoms with Crippen molar-refractivity contribution in [2.24, 2.45) is 0 Å². The first-order valence-corrected chi connectivity index (χ1v) is 5.66. The van der Waals surface area contributed by atoms with Crippen molar-refractivity contribution in [1.82, 2.24) is 9.55 Å². The van der Waals surface area contributed by atoms with Gasteiger partial charge in [0.1, 0.15) is 11.8 Å². The molecule has 1 aliphatic rings. The lowest BCUT2D eigenvalue weighted by Crippen LogP contribution is -2.15. The summed E-state index contributed by atoms with van der Waals surface area (Å²) in [5, 5.41) is 11.2.